The summed E-state index contributed by atoms with van der Waals surface area (Å²) in [5.41, 5.74) is 9.37. The molecule has 0 amide bonds. The molecule has 0 spiro atoms. The molecule has 3 heterocycles. The maximum atomic E-state index is 13.8. The number of fused-ring (bicyclic) bond motifs is 1. The molecule has 10 nitrogen and oxygen atoms in total. The molecular formula is C31H25FN10. The van der Waals surface area contributed by atoms with Crippen molar-refractivity contribution in [3.05, 3.63) is 107 Å². The Morgan fingerprint density at radius 1 is 1.00 bits per heavy atom. The van der Waals surface area contributed by atoms with Gasteiger partial charge in [0.05, 0.1) is 53.9 Å². The lowest BCUT2D eigenvalue weighted by Gasteiger charge is -2.23. The topological polar surface area (TPSA) is 149 Å². The molecule has 0 saturated heterocycles. The van der Waals surface area contributed by atoms with Crippen LogP contribution in [0.5, 0.6) is 0 Å². The molecular weight excluding hydrogens is 531 g/mol. The Balaban J connectivity index is 1.47. The molecule has 4 aromatic rings. The standard InChI is InChI=1S/C31H25FN10/c32-28-9-6-20(16-36-28)31(27-18-42(41-40-27)24-7-8-24)38-23-12-21(14-34)29-25(13-23)30(22(15-35)17-37-29)39-26(10-11-33)19-4-2-1-3-5-19/h1-6,9,12-13,16-18,24,26,31,38,40-41H,7-8,10H2,(H,37,39)/t26-,31-/m1/s1/i31D. The predicted octanol–water partition coefficient (Wildman–Crippen LogP) is 5.06. The van der Waals surface area contributed by atoms with Crippen LogP contribution in [0, 0.1) is 39.9 Å². The molecule has 4 N–H and O–H groups in total. The molecule has 0 bridgehead atoms. The summed E-state index contributed by atoms with van der Waals surface area (Å²) < 4.78 is 23.4. The quantitative estimate of drug-likeness (QED) is 0.206. The second-order valence-electron chi connectivity index (χ2n) is 9.95. The normalized spacial score (nSPS) is 16.6. The highest BCUT2D eigenvalue weighted by Crippen LogP contribution is 2.36. The Kier molecular flexibility index (Phi) is 6.87. The lowest BCUT2D eigenvalue weighted by Crippen LogP contribution is -2.38. The van der Waals surface area contributed by atoms with Crippen LogP contribution in [-0.4, -0.2) is 21.0 Å². The van der Waals surface area contributed by atoms with Crippen LogP contribution in [0.4, 0.5) is 15.8 Å². The number of hydrogen-bond acceptors (Lipinski definition) is 10. The van der Waals surface area contributed by atoms with Crippen LogP contribution in [0.2, 0.25) is 0 Å². The third-order valence-corrected chi connectivity index (χ3v) is 7.11. The zero-order valence-corrected chi connectivity index (χ0v) is 22.3. The smallest absolute Gasteiger partial charge is 0.212 e. The fraction of sp³-hybridized carbons (Fsp3) is 0.194. The Bertz CT molecular complexity index is 1840. The highest BCUT2D eigenvalue weighted by Gasteiger charge is 2.32. The van der Waals surface area contributed by atoms with E-state index in [1.165, 1.54) is 24.5 Å². The highest BCUT2D eigenvalue weighted by atomic mass is 19.1. The van der Waals surface area contributed by atoms with E-state index in [9.17, 15) is 21.5 Å². The van der Waals surface area contributed by atoms with Gasteiger partial charge in [-0.2, -0.15) is 20.2 Å². The molecule has 0 unspecified atom stereocenters. The molecule has 1 saturated carbocycles. The van der Waals surface area contributed by atoms with Gasteiger partial charge in [-0.3, -0.25) is 9.99 Å². The summed E-state index contributed by atoms with van der Waals surface area (Å²) in [6.45, 7) is 0. The number of pyridine rings is 2. The number of nitriles is 3. The summed E-state index contributed by atoms with van der Waals surface area (Å²) in [4.78, 5) is 8.19. The maximum Gasteiger partial charge on any atom is 0.212 e. The van der Waals surface area contributed by atoms with Crippen LogP contribution < -0.4 is 21.6 Å². The van der Waals surface area contributed by atoms with Gasteiger partial charge in [0, 0.05) is 35.7 Å². The van der Waals surface area contributed by atoms with Gasteiger partial charge in [-0.1, -0.05) is 36.4 Å². The molecule has 206 valence electrons. The monoisotopic (exact) mass is 557 g/mol. The molecule has 1 fully saturated rings. The number of hydrazine groups is 2. The first kappa shape index (κ1) is 25.3. The van der Waals surface area contributed by atoms with Crippen molar-refractivity contribution in [3.8, 4) is 18.2 Å². The number of nitrogens with zero attached hydrogens (tertiary/aromatic N) is 6. The molecule has 2 aromatic heterocycles. The zero-order chi connectivity index (χ0) is 30.0. The van der Waals surface area contributed by atoms with Crippen LogP contribution >= 0.6 is 0 Å². The molecule has 1 aliphatic heterocycles. The van der Waals surface area contributed by atoms with Crippen LogP contribution in [0.1, 0.15) is 54.9 Å². The largest absolute Gasteiger partial charge is 0.376 e. The van der Waals surface area contributed by atoms with Crippen LogP contribution in [0.25, 0.3) is 10.9 Å². The highest BCUT2D eigenvalue weighted by molar-refractivity contribution is 5.99. The van der Waals surface area contributed by atoms with Crippen molar-refractivity contribution in [2.24, 2.45) is 0 Å². The van der Waals surface area contributed by atoms with Crippen molar-refractivity contribution >= 4 is 22.3 Å². The van der Waals surface area contributed by atoms with Gasteiger partial charge in [0.2, 0.25) is 5.95 Å². The fourth-order valence-electron chi connectivity index (χ4n) is 4.87. The number of halogens is 1. The lowest BCUT2D eigenvalue weighted by atomic mass is 10.00. The van der Waals surface area contributed by atoms with Crippen LogP contribution in [-0.2, 0) is 0 Å². The van der Waals surface area contributed by atoms with Gasteiger partial charge in [-0.25, -0.2) is 4.98 Å². The van der Waals surface area contributed by atoms with Crippen LogP contribution in [0.15, 0.2) is 78.9 Å². The fourth-order valence-corrected chi connectivity index (χ4v) is 4.87. The Hall–Kier alpha value is -5.70. The van der Waals surface area contributed by atoms with E-state index < -0.39 is 18.0 Å². The third kappa shape index (κ3) is 5.35. The number of hydrogen-bond donors (Lipinski definition) is 4. The first-order valence-corrected chi connectivity index (χ1v) is 13.3. The summed E-state index contributed by atoms with van der Waals surface area (Å²) in [6.07, 6.45) is 6.65. The van der Waals surface area contributed by atoms with Crippen molar-refractivity contribution in [1.29, 1.82) is 15.8 Å². The van der Waals surface area contributed by atoms with E-state index in [1.54, 1.807) is 18.3 Å². The van der Waals surface area contributed by atoms with Gasteiger partial charge in [0.15, 0.2) is 0 Å². The number of nitrogens with one attached hydrogen (secondary N) is 4. The Morgan fingerprint density at radius 3 is 2.50 bits per heavy atom. The Labute approximate surface area is 243 Å². The van der Waals surface area contributed by atoms with Crippen LogP contribution in [0.3, 0.4) is 0 Å². The molecule has 1 aliphatic carbocycles. The summed E-state index contributed by atoms with van der Waals surface area (Å²) in [5, 5.41) is 38.6. The molecule has 2 atom stereocenters. The summed E-state index contributed by atoms with van der Waals surface area (Å²) in [7, 11) is 0. The van der Waals surface area contributed by atoms with Crippen molar-refractivity contribution in [2.75, 3.05) is 10.6 Å². The molecule has 42 heavy (non-hydrogen) atoms. The number of aromatic nitrogens is 2. The van der Waals surface area contributed by atoms with Crippen molar-refractivity contribution < 1.29 is 5.76 Å². The van der Waals surface area contributed by atoms with E-state index in [0.29, 0.717) is 39.6 Å². The van der Waals surface area contributed by atoms with Gasteiger partial charge >= 0.3 is 0 Å². The zero-order valence-electron chi connectivity index (χ0n) is 23.3. The first-order chi connectivity index (χ1) is 20.9. The second-order valence-corrected chi connectivity index (χ2v) is 9.95. The minimum atomic E-state index is -1.68. The summed E-state index contributed by atoms with van der Waals surface area (Å²) >= 11 is 0. The molecule has 6 rings (SSSR count). The SMILES string of the molecule is [2H][C@](Nc1cc(C#N)c2ncc(C#N)c(N[C@H](CC#N)c3ccccc3)c2c1)(C1=CN(C2CC2)NN1)c1ccc(F)nc1. The van der Waals surface area contributed by atoms with E-state index in [4.69, 9.17) is 0 Å². The van der Waals surface area contributed by atoms with Gasteiger partial charge in [-0.15, -0.1) is 5.53 Å². The van der Waals surface area contributed by atoms with Gasteiger partial charge in [0.25, 0.3) is 0 Å². The van der Waals surface area contributed by atoms with E-state index in [0.717, 1.165) is 18.4 Å². The van der Waals surface area contributed by atoms with Gasteiger partial charge < -0.3 is 16.1 Å². The van der Waals surface area contributed by atoms with Crippen molar-refractivity contribution in [1.82, 2.24) is 25.9 Å². The van der Waals surface area contributed by atoms with Crippen molar-refractivity contribution in [3.63, 3.8) is 0 Å². The number of rotatable bonds is 9. The van der Waals surface area contributed by atoms with E-state index in [-0.39, 0.29) is 17.5 Å². The lowest BCUT2D eigenvalue weighted by molar-refractivity contribution is 0.260. The molecule has 11 heteroatoms. The number of anilines is 2. The minimum Gasteiger partial charge on any atom is -0.376 e. The molecule has 2 aliphatic rings. The first-order valence-electron chi connectivity index (χ1n) is 13.8. The predicted molar refractivity (Wildman–Crippen MR) is 154 cm³/mol. The average molecular weight is 558 g/mol. The summed E-state index contributed by atoms with van der Waals surface area (Å²) in [6, 6.07) is 20.1. The van der Waals surface area contributed by atoms with E-state index >= 15 is 0 Å². The Morgan fingerprint density at radius 2 is 1.81 bits per heavy atom. The number of benzene rings is 2. The molecule has 2 aromatic carbocycles. The molecule has 0 radical (unpaired) electrons. The average Bonchev–Trinajstić information content (AvgIpc) is 3.76. The van der Waals surface area contributed by atoms with Gasteiger partial charge in [-0.05, 0) is 42.2 Å². The minimum absolute atomic E-state index is 0.124. The second kappa shape index (κ2) is 11.4. The van der Waals surface area contributed by atoms with E-state index in [1.807, 2.05) is 35.3 Å². The van der Waals surface area contributed by atoms with E-state index in [2.05, 4.69) is 49.8 Å². The maximum absolute atomic E-state index is 13.8. The summed E-state index contributed by atoms with van der Waals surface area (Å²) in [5.74, 6) is -0.675. The van der Waals surface area contributed by atoms with Crippen molar-refractivity contribution in [2.45, 2.75) is 37.4 Å². The third-order valence-electron chi connectivity index (χ3n) is 7.11. The van der Waals surface area contributed by atoms with Gasteiger partial charge in [0.1, 0.15) is 12.1 Å².